The van der Waals surface area contributed by atoms with Gasteiger partial charge in [0.05, 0.1) is 12.7 Å². The first-order chi connectivity index (χ1) is 11.4. The molecule has 0 spiro atoms. The number of benzene rings is 2. The van der Waals surface area contributed by atoms with Gasteiger partial charge in [-0.1, -0.05) is 81.4 Å². The first-order valence-electron chi connectivity index (χ1n) is 8.41. The second-order valence-electron chi connectivity index (χ2n) is 7.11. The van der Waals surface area contributed by atoms with E-state index in [1.807, 2.05) is 12.1 Å². The largest absolute Gasteiger partial charge is 0.405 e. The Kier molecular flexibility index (Phi) is 6.64. The molecule has 0 amide bonds. The van der Waals surface area contributed by atoms with Gasteiger partial charge in [-0.05, 0) is 21.8 Å². The summed E-state index contributed by atoms with van der Waals surface area (Å²) in [6.07, 6.45) is 0.00360. The maximum absolute atomic E-state index is 10.2. The number of aliphatic hydroxyl groups is 1. The van der Waals surface area contributed by atoms with Gasteiger partial charge in [-0.2, -0.15) is 0 Å². The highest BCUT2D eigenvalue weighted by Crippen LogP contribution is 2.36. The Labute approximate surface area is 151 Å². The summed E-state index contributed by atoms with van der Waals surface area (Å²) in [6, 6.07) is 20.9. The molecule has 0 aliphatic carbocycles. The highest BCUT2D eigenvalue weighted by atomic mass is 35.5. The third kappa shape index (κ3) is 4.09. The highest BCUT2D eigenvalue weighted by molar-refractivity contribution is 6.99. The molecule has 0 aliphatic heterocycles. The molecule has 2 aromatic carbocycles. The standard InChI is InChI=1S/C20H27ClO2Si/c1-20(2,3)24(18-10-6-4-7-11-18,19-12-8-5-9-13-19)23-16-17(22)14-15-21/h4-13,17,22H,14-16H2,1-3H3/t17-/m1/s1. The number of halogens is 1. The van der Waals surface area contributed by atoms with Crippen molar-refractivity contribution in [1.29, 1.82) is 0 Å². The van der Waals surface area contributed by atoms with Crippen molar-refractivity contribution >= 4 is 30.3 Å². The topological polar surface area (TPSA) is 29.5 Å². The van der Waals surface area contributed by atoms with Crippen molar-refractivity contribution < 1.29 is 9.53 Å². The summed E-state index contributed by atoms with van der Waals surface area (Å²) in [4.78, 5) is 0. The molecular formula is C20H27ClO2Si. The third-order valence-electron chi connectivity index (χ3n) is 4.35. The molecular weight excluding hydrogens is 336 g/mol. The van der Waals surface area contributed by atoms with Crippen molar-refractivity contribution in [2.24, 2.45) is 0 Å². The van der Waals surface area contributed by atoms with Crippen molar-refractivity contribution in [2.45, 2.75) is 38.3 Å². The van der Waals surface area contributed by atoms with Crippen LogP contribution in [-0.4, -0.2) is 32.0 Å². The summed E-state index contributed by atoms with van der Waals surface area (Å²) >= 11 is 5.77. The smallest absolute Gasteiger partial charge is 0.261 e. The van der Waals surface area contributed by atoms with Crippen LogP contribution in [0.2, 0.25) is 5.04 Å². The Morgan fingerprint density at radius 2 is 1.42 bits per heavy atom. The molecule has 0 saturated heterocycles. The molecule has 24 heavy (non-hydrogen) atoms. The van der Waals surface area contributed by atoms with Crippen LogP contribution in [-0.2, 0) is 4.43 Å². The Bertz CT molecular complexity index is 571. The quantitative estimate of drug-likeness (QED) is 0.603. The van der Waals surface area contributed by atoms with E-state index in [1.54, 1.807) is 0 Å². The van der Waals surface area contributed by atoms with Crippen molar-refractivity contribution in [3.63, 3.8) is 0 Å². The summed E-state index contributed by atoms with van der Waals surface area (Å²) in [5, 5.41) is 12.6. The predicted octanol–water partition coefficient (Wildman–Crippen LogP) is 3.55. The van der Waals surface area contributed by atoms with Gasteiger partial charge in [0.1, 0.15) is 0 Å². The predicted molar refractivity (Wildman–Crippen MR) is 105 cm³/mol. The van der Waals surface area contributed by atoms with Gasteiger partial charge in [0, 0.05) is 5.88 Å². The van der Waals surface area contributed by atoms with Gasteiger partial charge in [-0.15, -0.1) is 11.6 Å². The average molecular weight is 363 g/mol. The van der Waals surface area contributed by atoms with Gasteiger partial charge >= 0.3 is 0 Å². The normalized spacial score (nSPS) is 13.7. The zero-order valence-electron chi connectivity index (χ0n) is 14.7. The molecule has 2 aromatic rings. The third-order valence-corrected chi connectivity index (χ3v) is 9.57. The van der Waals surface area contributed by atoms with E-state index in [2.05, 4.69) is 69.3 Å². The number of hydrogen-bond acceptors (Lipinski definition) is 2. The second-order valence-corrected chi connectivity index (χ2v) is 11.8. The van der Waals surface area contributed by atoms with Gasteiger partial charge in [-0.25, -0.2) is 0 Å². The summed E-state index contributed by atoms with van der Waals surface area (Å²) in [6.45, 7) is 6.99. The second kappa shape index (κ2) is 8.30. The van der Waals surface area contributed by atoms with Crippen LogP contribution in [0, 0.1) is 0 Å². The SMILES string of the molecule is CC(C)(C)[Si](OC[C@H](O)CCCl)(c1ccccc1)c1ccccc1. The van der Waals surface area contributed by atoms with Crippen LogP contribution in [0.1, 0.15) is 27.2 Å². The Balaban J connectivity index is 2.53. The van der Waals surface area contributed by atoms with E-state index in [4.69, 9.17) is 16.0 Å². The molecule has 0 aliphatic rings. The number of alkyl halides is 1. The van der Waals surface area contributed by atoms with E-state index >= 15 is 0 Å². The molecule has 0 fully saturated rings. The maximum atomic E-state index is 10.2. The zero-order chi connectivity index (χ0) is 17.6. The summed E-state index contributed by atoms with van der Waals surface area (Å²) in [5.74, 6) is 0.436. The lowest BCUT2D eigenvalue weighted by atomic mass is 10.2. The lowest BCUT2D eigenvalue weighted by molar-refractivity contribution is 0.0999. The molecule has 0 saturated carbocycles. The lowest BCUT2D eigenvalue weighted by Gasteiger charge is -2.43. The number of rotatable bonds is 7. The molecule has 2 nitrogen and oxygen atoms in total. The van der Waals surface area contributed by atoms with Crippen LogP contribution in [0.25, 0.3) is 0 Å². The van der Waals surface area contributed by atoms with Gasteiger partial charge in [0.25, 0.3) is 8.32 Å². The van der Waals surface area contributed by atoms with Crippen molar-refractivity contribution in [3.8, 4) is 0 Å². The van der Waals surface area contributed by atoms with Gasteiger partial charge < -0.3 is 9.53 Å². The highest BCUT2D eigenvalue weighted by Gasteiger charge is 2.50. The molecule has 0 aromatic heterocycles. The fourth-order valence-electron chi connectivity index (χ4n) is 3.19. The fourth-order valence-corrected chi connectivity index (χ4v) is 8.04. The van der Waals surface area contributed by atoms with E-state index < -0.39 is 14.4 Å². The maximum Gasteiger partial charge on any atom is 0.261 e. The van der Waals surface area contributed by atoms with Crippen molar-refractivity contribution in [3.05, 3.63) is 60.7 Å². The summed E-state index contributed by atoms with van der Waals surface area (Å²) in [7, 11) is -2.54. The fraction of sp³-hybridized carbons (Fsp3) is 0.400. The van der Waals surface area contributed by atoms with Crippen LogP contribution >= 0.6 is 11.6 Å². The average Bonchev–Trinajstić information content (AvgIpc) is 2.56. The van der Waals surface area contributed by atoms with Crippen LogP contribution in [0.15, 0.2) is 60.7 Å². The lowest BCUT2D eigenvalue weighted by Crippen LogP contribution is -2.67. The molecule has 0 unspecified atom stereocenters. The van der Waals surface area contributed by atoms with Crippen molar-refractivity contribution in [1.82, 2.24) is 0 Å². The Morgan fingerprint density at radius 3 is 1.79 bits per heavy atom. The van der Waals surface area contributed by atoms with Gasteiger partial charge in [0.15, 0.2) is 0 Å². The molecule has 1 N–H and O–H groups in total. The molecule has 1 atom stereocenters. The van der Waals surface area contributed by atoms with Crippen molar-refractivity contribution in [2.75, 3.05) is 12.5 Å². The first-order valence-corrected chi connectivity index (χ1v) is 10.8. The molecule has 130 valence electrons. The minimum atomic E-state index is -2.54. The minimum Gasteiger partial charge on any atom is -0.405 e. The minimum absolute atomic E-state index is 0.0730. The molecule has 0 radical (unpaired) electrons. The van der Waals surface area contributed by atoms with Crippen LogP contribution in [0.3, 0.4) is 0 Å². The molecule has 2 rings (SSSR count). The van der Waals surface area contributed by atoms with E-state index in [9.17, 15) is 5.11 Å². The summed E-state index contributed by atoms with van der Waals surface area (Å²) in [5.41, 5.74) is 0. The van der Waals surface area contributed by atoms with E-state index in [0.29, 0.717) is 18.9 Å². The van der Waals surface area contributed by atoms with Gasteiger partial charge in [-0.3, -0.25) is 0 Å². The van der Waals surface area contributed by atoms with E-state index in [-0.39, 0.29) is 5.04 Å². The first kappa shape index (κ1) is 19.2. The van der Waals surface area contributed by atoms with Crippen LogP contribution in [0.4, 0.5) is 0 Å². The van der Waals surface area contributed by atoms with Crippen LogP contribution < -0.4 is 10.4 Å². The Hall–Kier alpha value is -1.13. The number of aliphatic hydroxyl groups excluding tert-OH is 1. The summed E-state index contributed by atoms with van der Waals surface area (Å²) < 4.78 is 6.61. The molecule has 0 bridgehead atoms. The zero-order valence-corrected chi connectivity index (χ0v) is 16.5. The molecule has 4 heteroatoms. The number of hydrogen-bond donors (Lipinski definition) is 1. The van der Waals surface area contributed by atoms with Gasteiger partial charge in [0.2, 0.25) is 0 Å². The monoisotopic (exact) mass is 362 g/mol. The van der Waals surface area contributed by atoms with Crippen LogP contribution in [0.5, 0.6) is 0 Å². The van der Waals surface area contributed by atoms with E-state index in [0.717, 1.165) is 0 Å². The van der Waals surface area contributed by atoms with E-state index in [1.165, 1.54) is 10.4 Å². The molecule has 0 heterocycles. The Morgan fingerprint density at radius 1 is 0.958 bits per heavy atom.